The molecule has 5 rings (SSSR count). The number of amides is 1. The van der Waals surface area contributed by atoms with Crippen molar-refractivity contribution in [2.75, 3.05) is 38.3 Å². The highest BCUT2D eigenvalue weighted by atomic mass is 19.1. The predicted molar refractivity (Wildman–Crippen MR) is 118 cm³/mol. The first-order valence-electron chi connectivity index (χ1n) is 10.9. The van der Waals surface area contributed by atoms with Crippen LogP contribution in [0.5, 0.6) is 5.75 Å². The Labute approximate surface area is 181 Å². The summed E-state index contributed by atoms with van der Waals surface area (Å²) in [6, 6.07) is 14.2. The van der Waals surface area contributed by atoms with Gasteiger partial charge in [0.05, 0.1) is 12.0 Å². The molecule has 7 heteroatoms. The molecule has 0 bridgehead atoms. The lowest BCUT2D eigenvalue weighted by molar-refractivity contribution is -0.123. The molecule has 2 atom stereocenters. The van der Waals surface area contributed by atoms with E-state index < -0.39 is 0 Å². The van der Waals surface area contributed by atoms with Crippen LogP contribution in [-0.2, 0) is 4.79 Å². The van der Waals surface area contributed by atoms with E-state index in [4.69, 9.17) is 9.84 Å². The van der Waals surface area contributed by atoms with Crippen molar-refractivity contribution < 1.29 is 13.9 Å². The van der Waals surface area contributed by atoms with Gasteiger partial charge in [0.2, 0.25) is 0 Å². The second-order valence-electron chi connectivity index (χ2n) is 8.59. The van der Waals surface area contributed by atoms with Gasteiger partial charge in [-0.25, -0.2) is 4.39 Å². The van der Waals surface area contributed by atoms with Gasteiger partial charge in [0, 0.05) is 19.7 Å². The van der Waals surface area contributed by atoms with Crippen LogP contribution in [0.4, 0.5) is 10.1 Å². The number of piperidine rings is 1. The predicted octanol–water partition coefficient (Wildman–Crippen LogP) is 3.00. The summed E-state index contributed by atoms with van der Waals surface area (Å²) < 4.78 is 19.9. The van der Waals surface area contributed by atoms with E-state index in [0.717, 1.165) is 31.5 Å². The molecule has 0 saturated carbocycles. The highest BCUT2D eigenvalue weighted by molar-refractivity contribution is 6.42. The molecule has 0 aromatic heterocycles. The van der Waals surface area contributed by atoms with E-state index in [1.807, 2.05) is 37.4 Å². The van der Waals surface area contributed by atoms with Crippen molar-refractivity contribution in [3.05, 3.63) is 59.9 Å². The lowest BCUT2D eigenvalue weighted by Crippen LogP contribution is -2.44. The third kappa shape index (κ3) is 3.78. The largest absolute Gasteiger partial charge is 0.489 e. The van der Waals surface area contributed by atoms with Crippen molar-refractivity contribution in [2.24, 2.45) is 11.0 Å². The normalized spacial score (nSPS) is 22.9. The van der Waals surface area contributed by atoms with E-state index in [9.17, 15) is 9.18 Å². The summed E-state index contributed by atoms with van der Waals surface area (Å²) in [7, 11) is 1.86. The number of hydrogen-bond acceptors (Lipinski definition) is 5. The maximum Gasteiger partial charge on any atom is 0.270 e. The molecule has 1 saturated heterocycles. The molecule has 3 aliphatic rings. The van der Waals surface area contributed by atoms with Gasteiger partial charge in [-0.15, -0.1) is 0 Å². The van der Waals surface area contributed by atoms with Crippen LogP contribution in [0.25, 0.3) is 0 Å². The number of hydrogen-bond donors (Lipinski definition) is 1. The van der Waals surface area contributed by atoms with E-state index in [1.54, 1.807) is 16.0 Å². The molecule has 1 amide bonds. The van der Waals surface area contributed by atoms with Gasteiger partial charge in [-0.2, -0.15) is 5.10 Å². The SMILES string of the molecule is CN(CC1CCNCC1)C(=O)C1=NN2c3cc(F)ccc3OC[C@H]2[C@H]1c1ccccc1. The quantitative estimate of drug-likeness (QED) is 0.823. The molecule has 0 aliphatic carbocycles. The van der Waals surface area contributed by atoms with E-state index in [2.05, 4.69) is 5.32 Å². The molecule has 2 aromatic carbocycles. The molecule has 3 aliphatic heterocycles. The lowest BCUT2D eigenvalue weighted by atomic mass is 9.87. The average Bonchev–Trinajstić information content (AvgIpc) is 3.20. The van der Waals surface area contributed by atoms with Gasteiger partial charge in [0.1, 0.15) is 29.6 Å². The highest BCUT2D eigenvalue weighted by Gasteiger charge is 2.46. The number of carbonyl (C=O) groups is 1. The third-order valence-corrected chi connectivity index (χ3v) is 6.50. The summed E-state index contributed by atoms with van der Waals surface area (Å²) in [4.78, 5) is 15.4. The van der Waals surface area contributed by atoms with Gasteiger partial charge in [0.15, 0.2) is 0 Å². The topological polar surface area (TPSA) is 57.2 Å². The second kappa shape index (κ2) is 8.30. The molecule has 6 nitrogen and oxygen atoms in total. The fourth-order valence-electron chi connectivity index (χ4n) is 4.89. The van der Waals surface area contributed by atoms with E-state index in [-0.39, 0.29) is 23.7 Å². The Balaban J connectivity index is 1.48. The minimum atomic E-state index is -0.350. The maximum absolute atomic E-state index is 14.0. The fraction of sp³-hybridized carbons (Fsp3) is 0.417. The Morgan fingerprint density at radius 1 is 1.23 bits per heavy atom. The van der Waals surface area contributed by atoms with E-state index in [1.165, 1.54) is 12.1 Å². The smallest absolute Gasteiger partial charge is 0.270 e. The van der Waals surface area contributed by atoms with Crippen molar-refractivity contribution in [3.63, 3.8) is 0 Å². The van der Waals surface area contributed by atoms with Crippen molar-refractivity contribution >= 4 is 17.3 Å². The molecule has 1 fully saturated rings. The first-order chi connectivity index (χ1) is 15.1. The summed E-state index contributed by atoms with van der Waals surface area (Å²) in [5.74, 6) is 0.427. The highest BCUT2D eigenvalue weighted by Crippen LogP contribution is 2.43. The molecule has 162 valence electrons. The number of nitrogens with zero attached hydrogens (tertiary/aromatic N) is 3. The standard InChI is InChI=1S/C24H27FN4O2/c1-28(14-16-9-11-26-12-10-16)24(30)23-22(17-5-3-2-4-6-17)20-15-31-21-8-7-18(25)13-19(21)29(20)27-23/h2-8,13,16,20,22,26H,9-12,14-15H2,1H3/t20-,22+/m0/s1. The number of anilines is 1. The number of hydrazone groups is 1. The zero-order valence-corrected chi connectivity index (χ0v) is 17.6. The van der Waals surface area contributed by atoms with Crippen molar-refractivity contribution in [3.8, 4) is 5.75 Å². The Bertz CT molecular complexity index is 990. The molecular weight excluding hydrogens is 395 g/mol. The zero-order chi connectivity index (χ0) is 21.4. The number of carbonyl (C=O) groups excluding carboxylic acids is 1. The number of fused-ring (bicyclic) bond motifs is 3. The van der Waals surface area contributed by atoms with Crippen LogP contribution < -0.4 is 15.1 Å². The van der Waals surface area contributed by atoms with Gasteiger partial charge in [-0.1, -0.05) is 30.3 Å². The molecular formula is C24H27FN4O2. The van der Waals surface area contributed by atoms with Crippen molar-refractivity contribution in [2.45, 2.75) is 24.8 Å². The molecule has 1 N–H and O–H groups in total. The lowest BCUT2D eigenvalue weighted by Gasteiger charge is -2.34. The average molecular weight is 423 g/mol. The Morgan fingerprint density at radius 2 is 2.00 bits per heavy atom. The van der Waals surface area contributed by atoms with Gasteiger partial charge in [-0.3, -0.25) is 9.80 Å². The van der Waals surface area contributed by atoms with Gasteiger partial charge >= 0.3 is 0 Å². The first kappa shape index (κ1) is 20.0. The second-order valence-corrected chi connectivity index (χ2v) is 8.59. The van der Waals surface area contributed by atoms with Crippen LogP contribution in [0.1, 0.15) is 24.3 Å². The summed E-state index contributed by atoms with van der Waals surface area (Å²) >= 11 is 0. The van der Waals surface area contributed by atoms with Crippen LogP contribution in [0, 0.1) is 11.7 Å². The minimum absolute atomic E-state index is 0.0697. The van der Waals surface area contributed by atoms with Crippen molar-refractivity contribution in [1.82, 2.24) is 10.2 Å². The number of benzene rings is 2. The van der Waals surface area contributed by atoms with Crippen LogP contribution in [-0.4, -0.2) is 55.8 Å². The Morgan fingerprint density at radius 3 is 2.77 bits per heavy atom. The molecule has 0 unspecified atom stereocenters. The summed E-state index contributed by atoms with van der Waals surface area (Å²) in [6.07, 6.45) is 2.14. The van der Waals surface area contributed by atoms with Gasteiger partial charge in [0.25, 0.3) is 5.91 Å². The third-order valence-electron chi connectivity index (χ3n) is 6.50. The molecule has 31 heavy (non-hydrogen) atoms. The number of rotatable bonds is 4. The summed E-state index contributed by atoms with van der Waals surface area (Å²) in [5.41, 5.74) is 2.08. The molecule has 0 radical (unpaired) electrons. The Hall–Kier alpha value is -2.93. The van der Waals surface area contributed by atoms with Crippen LogP contribution in [0.2, 0.25) is 0 Å². The number of ether oxygens (including phenoxy) is 1. The van der Waals surface area contributed by atoms with Gasteiger partial charge in [-0.05, 0) is 49.5 Å². The minimum Gasteiger partial charge on any atom is -0.489 e. The van der Waals surface area contributed by atoms with Crippen LogP contribution >= 0.6 is 0 Å². The summed E-state index contributed by atoms with van der Waals surface area (Å²) in [6.45, 7) is 3.09. The maximum atomic E-state index is 14.0. The Kier molecular flexibility index (Phi) is 5.36. The summed E-state index contributed by atoms with van der Waals surface area (Å²) in [5, 5.41) is 9.92. The first-order valence-corrected chi connectivity index (χ1v) is 10.9. The van der Waals surface area contributed by atoms with E-state index >= 15 is 0 Å². The molecule has 3 heterocycles. The number of nitrogens with one attached hydrogen (secondary N) is 1. The fourth-order valence-corrected chi connectivity index (χ4v) is 4.89. The van der Waals surface area contributed by atoms with Crippen molar-refractivity contribution in [1.29, 1.82) is 0 Å². The van der Waals surface area contributed by atoms with Crippen LogP contribution in [0.3, 0.4) is 0 Å². The van der Waals surface area contributed by atoms with E-state index in [0.29, 0.717) is 36.2 Å². The van der Waals surface area contributed by atoms with Crippen LogP contribution in [0.15, 0.2) is 53.6 Å². The number of halogens is 1. The molecule has 2 aromatic rings. The monoisotopic (exact) mass is 422 g/mol. The molecule has 0 spiro atoms. The van der Waals surface area contributed by atoms with Gasteiger partial charge < -0.3 is 15.0 Å². The zero-order valence-electron chi connectivity index (χ0n) is 17.6.